The molecule has 8 heteroatoms. The Morgan fingerprint density at radius 3 is 2.36 bits per heavy atom. The predicted molar refractivity (Wildman–Crippen MR) is 83.9 cm³/mol. The van der Waals surface area contributed by atoms with Crippen molar-refractivity contribution in [1.29, 1.82) is 0 Å². The summed E-state index contributed by atoms with van der Waals surface area (Å²) in [6.45, 7) is 0.689. The van der Waals surface area contributed by atoms with Crippen LogP contribution in [0.2, 0.25) is 0 Å². The molecule has 4 N–H and O–H groups in total. The number of carbonyl (C=O) groups is 2. The number of rotatable bonds is 5. The second-order valence-corrected chi connectivity index (χ2v) is 6.03. The predicted octanol–water partition coefficient (Wildman–Crippen LogP) is 1.07. The molecule has 1 aromatic carbocycles. The zero-order valence-corrected chi connectivity index (χ0v) is 13.4. The Balaban J connectivity index is 2.12. The van der Waals surface area contributed by atoms with Crippen molar-refractivity contribution < 1.29 is 28.7 Å². The molecule has 2 amide bonds. The van der Waals surface area contributed by atoms with Gasteiger partial charge in [0, 0.05) is 17.0 Å². The first-order valence-corrected chi connectivity index (χ1v) is 7.62. The Bertz CT molecular complexity index is 704. The fourth-order valence-corrected chi connectivity index (χ4v) is 2.00. The molecule has 0 heterocycles. The van der Waals surface area contributed by atoms with Gasteiger partial charge in [-0.2, -0.15) is 0 Å². The summed E-state index contributed by atoms with van der Waals surface area (Å²) >= 11 is 0. The quantitative estimate of drug-likeness (QED) is 0.362. The molecular weight excluding hydrogens is 334 g/mol. The van der Waals surface area contributed by atoms with Crippen LogP contribution in [0, 0.1) is 17.8 Å². The maximum Gasteiger partial charge on any atom is 0.269 e. The Labute approximate surface area is 143 Å². The molecule has 1 aliphatic rings. The molecule has 134 valence electrons. The summed E-state index contributed by atoms with van der Waals surface area (Å²) in [5.41, 5.74) is -0.906. The maximum atomic E-state index is 12.9. The molecule has 0 aliphatic heterocycles. The van der Waals surface area contributed by atoms with Crippen LogP contribution in [-0.2, 0) is 4.79 Å². The SMILES string of the molecule is CC(O)(C(F)F)C(NC(=O)c1ccc(C#CC2CC2)cc1)C(=O)NO. The number of hydroxylamine groups is 1. The van der Waals surface area contributed by atoms with Crippen LogP contribution in [0.15, 0.2) is 24.3 Å². The van der Waals surface area contributed by atoms with Crippen molar-refractivity contribution in [3.05, 3.63) is 35.4 Å². The maximum absolute atomic E-state index is 12.9. The molecule has 0 spiro atoms. The number of aliphatic hydroxyl groups is 1. The van der Waals surface area contributed by atoms with E-state index in [-0.39, 0.29) is 5.56 Å². The van der Waals surface area contributed by atoms with Crippen LogP contribution in [0.25, 0.3) is 0 Å². The average molecular weight is 352 g/mol. The summed E-state index contributed by atoms with van der Waals surface area (Å²) in [6, 6.07) is 4.00. The summed E-state index contributed by atoms with van der Waals surface area (Å²) in [6.07, 6.45) is -1.15. The number of hydrogen-bond acceptors (Lipinski definition) is 4. The minimum Gasteiger partial charge on any atom is -0.381 e. The lowest BCUT2D eigenvalue weighted by Crippen LogP contribution is -2.61. The Morgan fingerprint density at radius 2 is 1.88 bits per heavy atom. The molecule has 1 fully saturated rings. The lowest BCUT2D eigenvalue weighted by atomic mass is 9.95. The molecule has 2 rings (SSSR count). The van der Waals surface area contributed by atoms with Crippen LogP contribution in [0.1, 0.15) is 35.7 Å². The van der Waals surface area contributed by atoms with E-state index in [1.165, 1.54) is 12.1 Å². The van der Waals surface area contributed by atoms with Crippen molar-refractivity contribution in [2.24, 2.45) is 5.92 Å². The topological polar surface area (TPSA) is 98.7 Å². The van der Waals surface area contributed by atoms with Gasteiger partial charge >= 0.3 is 0 Å². The molecule has 2 atom stereocenters. The molecule has 2 unspecified atom stereocenters. The fraction of sp³-hybridized carbons (Fsp3) is 0.412. The van der Waals surface area contributed by atoms with Gasteiger partial charge in [0.15, 0.2) is 5.60 Å². The third-order valence-electron chi connectivity index (χ3n) is 3.82. The normalized spacial score (nSPS) is 17.0. The zero-order valence-electron chi connectivity index (χ0n) is 13.4. The van der Waals surface area contributed by atoms with Crippen LogP contribution < -0.4 is 10.8 Å². The van der Waals surface area contributed by atoms with Gasteiger partial charge < -0.3 is 10.4 Å². The number of hydrogen-bond donors (Lipinski definition) is 4. The van der Waals surface area contributed by atoms with Gasteiger partial charge in [-0.05, 0) is 44.0 Å². The molecule has 0 bridgehead atoms. The van der Waals surface area contributed by atoms with Gasteiger partial charge in [-0.1, -0.05) is 11.8 Å². The summed E-state index contributed by atoms with van der Waals surface area (Å²) < 4.78 is 25.9. The van der Waals surface area contributed by atoms with Crippen molar-refractivity contribution in [3.63, 3.8) is 0 Å². The third kappa shape index (κ3) is 4.75. The zero-order chi connectivity index (χ0) is 18.6. The molecule has 0 saturated heterocycles. The van der Waals surface area contributed by atoms with E-state index in [9.17, 15) is 23.5 Å². The first-order chi connectivity index (χ1) is 11.8. The lowest BCUT2D eigenvalue weighted by molar-refractivity contribution is -0.149. The van der Waals surface area contributed by atoms with Crippen molar-refractivity contribution in [2.45, 2.75) is 37.8 Å². The smallest absolute Gasteiger partial charge is 0.269 e. The number of benzene rings is 1. The van der Waals surface area contributed by atoms with Gasteiger partial charge in [0.1, 0.15) is 6.04 Å². The highest BCUT2D eigenvalue weighted by molar-refractivity contribution is 5.97. The van der Waals surface area contributed by atoms with E-state index in [2.05, 4.69) is 11.8 Å². The number of amides is 2. The summed E-state index contributed by atoms with van der Waals surface area (Å²) in [5.74, 6) is 4.24. The number of alkyl halides is 2. The van der Waals surface area contributed by atoms with Crippen LogP contribution in [0.4, 0.5) is 8.78 Å². The fourth-order valence-electron chi connectivity index (χ4n) is 2.00. The van der Waals surface area contributed by atoms with E-state index in [1.807, 2.05) is 5.32 Å². The van der Waals surface area contributed by atoms with Gasteiger partial charge in [-0.3, -0.25) is 14.8 Å². The second-order valence-electron chi connectivity index (χ2n) is 6.03. The number of nitrogens with one attached hydrogen (secondary N) is 2. The van der Waals surface area contributed by atoms with Gasteiger partial charge in [0.05, 0.1) is 0 Å². The summed E-state index contributed by atoms with van der Waals surface area (Å²) in [4.78, 5) is 23.7. The third-order valence-corrected chi connectivity index (χ3v) is 3.82. The van der Waals surface area contributed by atoms with E-state index < -0.39 is 29.9 Å². The van der Waals surface area contributed by atoms with E-state index in [4.69, 9.17) is 5.21 Å². The van der Waals surface area contributed by atoms with Crippen molar-refractivity contribution in [1.82, 2.24) is 10.8 Å². The minimum atomic E-state index is -3.32. The summed E-state index contributed by atoms with van der Waals surface area (Å²) in [5, 5.41) is 20.4. The number of halogens is 2. The van der Waals surface area contributed by atoms with Gasteiger partial charge in [-0.15, -0.1) is 0 Å². The van der Waals surface area contributed by atoms with Gasteiger partial charge in [-0.25, -0.2) is 14.3 Å². The van der Waals surface area contributed by atoms with Crippen LogP contribution in [0.5, 0.6) is 0 Å². The van der Waals surface area contributed by atoms with Crippen molar-refractivity contribution in [2.75, 3.05) is 0 Å². The van der Waals surface area contributed by atoms with E-state index in [0.29, 0.717) is 18.4 Å². The van der Waals surface area contributed by atoms with Gasteiger partial charge in [0.2, 0.25) is 0 Å². The van der Waals surface area contributed by atoms with E-state index >= 15 is 0 Å². The van der Waals surface area contributed by atoms with Gasteiger partial charge in [0.25, 0.3) is 18.2 Å². The van der Waals surface area contributed by atoms with Crippen molar-refractivity contribution >= 4 is 11.8 Å². The molecule has 6 nitrogen and oxygen atoms in total. The highest BCUT2D eigenvalue weighted by Gasteiger charge is 2.46. The highest BCUT2D eigenvalue weighted by atomic mass is 19.3. The summed E-state index contributed by atoms with van der Waals surface area (Å²) in [7, 11) is 0. The molecule has 1 aliphatic carbocycles. The standard InChI is InChI=1S/C17H18F2N2O4/c1-17(24,16(18)19)13(15(23)21-25)20-14(22)12-8-6-11(7-9-12)5-4-10-2-3-10/h6-10,13,16,24-25H,2-3H2,1H3,(H,20,22)(H,21,23). The Kier molecular flexibility index (Phi) is 5.72. The molecule has 0 aromatic heterocycles. The van der Waals surface area contributed by atoms with Crippen molar-refractivity contribution in [3.8, 4) is 11.8 Å². The van der Waals surface area contributed by atoms with Crippen LogP contribution in [0.3, 0.4) is 0 Å². The first-order valence-electron chi connectivity index (χ1n) is 7.62. The first kappa shape index (κ1) is 18.8. The molecule has 1 saturated carbocycles. The molecular formula is C17H18F2N2O4. The van der Waals surface area contributed by atoms with Crippen LogP contribution in [-0.4, -0.2) is 40.2 Å². The average Bonchev–Trinajstić information content (AvgIpc) is 3.41. The highest BCUT2D eigenvalue weighted by Crippen LogP contribution is 2.27. The largest absolute Gasteiger partial charge is 0.381 e. The van der Waals surface area contributed by atoms with E-state index in [1.54, 1.807) is 12.1 Å². The molecule has 1 aromatic rings. The minimum absolute atomic E-state index is 0.0952. The lowest BCUT2D eigenvalue weighted by Gasteiger charge is -2.30. The second kappa shape index (κ2) is 7.59. The van der Waals surface area contributed by atoms with Crippen LogP contribution >= 0.6 is 0 Å². The molecule has 0 radical (unpaired) electrons. The Hall–Kier alpha value is -2.50. The monoisotopic (exact) mass is 352 g/mol. The Morgan fingerprint density at radius 1 is 1.28 bits per heavy atom. The van der Waals surface area contributed by atoms with E-state index in [0.717, 1.165) is 18.3 Å². The number of carbonyl (C=O) groups excluding carboxylic acids is 2. The molecule has 25 heavy (non-hydrogen) atoms.